The monoisotopic (exact) mass is 1270 g/mol. The van der Waals surface area contributed by atoms with Gasteiger partial charge in [-0.1, -0.05) is 231 Å². The van der Waals surface area contributed by atoms with E-state index < -0.39 is 0 Å². The van der Waals surface area contributed by atoms with Crippen LogP contribution in [-0.4, -0.2) is 0 Å². The van der Waals surface area contributed by atoms with Gasteiger partial charge in [0.15, 0.2) is 0 Å². The van der Waals surface area contributed by atoms with Gasteiger partial charge >= 0.3 is 0 Å². The summed E-state index contributed by atoms with van der Waals surface area (Å²) < 4.78 is 7.92. The summed E-state index contributed by atoms with van der Waals surface area (Å²) in [5.74, 6) is 0. The molecule has 0 aliphatic heterocycles. The third-order valence-corrected chi connectivity index (χ3v) is 20.9. The molecule has 7 heteroatoms. The number of anilines is 9. The Morgan fingerprint density at radius 1 is 0.221 bits per heavy atom. The van der Waals surface area contributed by atoms with Crippen molar-refractivity contribution in [2.45, 2.75) is 0 Å². The number of para-hydroxylation sites is 5. The molecule has 0 aliphatic rings. The summed E-state index contributed by atoms with van der Waals surface area (Å²) in [6, 6.07) is 127. The summed E-state index contributed by atoms with van der Waals surface area (Å²) in [6.45, 7) is 0. The second-order valence-corrected chi connectivity index (χ2v) is 26.6. The van der Waals surface area contributed by atoms with Crippen LogP contribution in [0.15, 0.2) is 358 Å². The molecule has 3 aromatic heterocycles. The summed E-state index contributed by atoms with van der Waals surface area (Å²) in [4.78, 5) is 2.32. The Bertz CT molecular complexity index is 5660. The minimum atomic E-state index is 1.09. The number of benzene rings is 15. The maximum atomic E-state index is 3.67. The average Bonchev–Trinajstić information content (AvgIpc) is 1.65. The average molecular weight is 1270 g/mol. The number of nitrogens with one attached hydrogen (secondary N) is 3. The zero-order valence-electron chi connectivity index (χ0n) is 51.7. The van der Waals surface area contributed by atoms with E-state index >= 15 is 0 Å². The molecule has 3 heterocycles. The molecular weight excluding hydrogens is 1210 g/mol. The number of thiophene rings is 3. The van der Waals surface area contributed by atoms with Crippen LogP contribution in [0.3, 0.4) is 0 Å². The highest BCUT2D eigenvalue weighted by molar-refractivity contribution is 7.27. The van der Waals surface area contributed by atoms with Crippen molar-refractivity contribution in [2.24, 2.45) is 0 Å². The largest absolute Gasteiger partial charge is 0.355 e. The van der Waals surface area contributed by atoms with Crippen molar-refractivity contribution in [3.63, 3.8) is 0 Å². The highest BCUT2D eigenvalue weighted by Gasteiger charge is 2.19. The van der Waals surface area contributed by atoms with Crippen molar-refractivity contribution in [3.8, 4) is 33.4 Å². The summed E-state index contributed by atoms with van der Waals surface area (Å²) in [5.41, 5.74) is 17.5. The van der Waals surface area contributed by atoms with Crippen LogP contribution in [0.4, 0.5) is 51.2 Å². The Kier molecular flexibility index (Phi) is 16.4. The van der Waals surface area contributed by atoms with Crippen molar-refractivity contribution in [1.29, 1.82) is 0 Å². The molecule has 4 nitrogen and oxygen atoms in total. The van der Waals surface area contributed by atoms with Gasteiger partial charge < -0.3 is 20.9 Å². The van der Waals surface area contributed by atoms with Gasteiger partial charge in [0.2, 0.25) is 0 Å². The molecule has 0 saturated heterocycles. The standard InChI is InChI=1S/C36H26N2S.C28H19NS.C24H17NS/c1-4-14-27(15-5-1)37-33-24-23-31(36-35(33)32-21-10-11-22-34(32)39-36)26-13-12-20-30(25-26)38(28-16-6-2-7-17-28)29-18-8-3-9-19-29;1-2-10-22(11-3-1)29-23-17-25(21-15-14-19-8-4-5-9-20(19)16-21)28-26(18-23)24-12-6-7-13-27(24)30-28;1-3-9-17(10-4-1)21-15-19(25-18-11-5-2-6-12-18)16-22-20-13-7-8-14-23(20)26-24(21)22/h1-25,37H;1-18,29H;1-16,25H. The Morgan fingerprint density at radius 3 is 1.19 bits per heavy atom. The third kappa shape index (κ3) is 12.3. The maximum absolute atomic E-state index is 3.67. The quantitative estimate of drug-likeness (QED) is 0.114. The van der Waals surface area contributed by atoms with Gasteiger partial charge in [-0.3, -0.25) is 0 Å². The third-order valence-electron chi connectivity index (χ3n) is 17.2. The van der Waals surface area contributed by atoms with Crippen molar-refractivity contribution in [1.82, 2.24) is 0 Å². The lowest BCUT2D eigenvalue weighted by molar-refractivity contribution is 1.28. The van der Waals surface area contributed by atoms with Crippen LogP contribution in [0, 0.1) is 0 Å². The molecule has 0 spiro atoms. The van der Waals surface area contributed by atoms with E-state index in [-0.39, 0.29) is 0 Å². The highest BCUT2D eigenvalue weighted by atomic mass is 32.1. The van der Waals surface area contributed by atoms with E-state index in [9.17, 15) is 0 Å². The van der Waals surface area contributed by atoms with Crippen LogP contribution >= 0.6 is 34.0 Å². The van der Waals surface area contributed by atoms with Gasteiger partial charge in [-0.2, -0.15) is 0 Å². The van der Waals surface area contributed by atoms with E-state index in [1.807, 2.05) is 52.2 Å². The van der Waals surface area contributed by atoms with Crippen molar-refractivity contribution < 1.29 is 0 Å². The van der Waals surface area contributed by atoms with E-state index in [4.69, 9.17) is 0 Å². The minimum absolute atomic E-state index is 1.09. The van der Waals surface area contributed by atoms with E-state index in [0.717, 1.165) is 51.2 Å². The zero-order valence-corrected chi connectivity index (χ0v) is 54.2. The molecular formula is C88H62N4S3. The lowest BCUT2D eigenvalue weighted by atomic mass is 9.98. The van der Waals surface area contributed by atoms with Crippen LogP contribution in [0.2, 0.25) is 0 Å². The summed E-state index contributed by atoms with van der Waals surface area (Å²) in [5, 5.41) is 21.2. The van der Waals surface area contributed by atoms with Gasteiger partial charge in [-0.05, 0) is 160 Å². The molecule has 0 bridgehead atoms. The van der Waals surface area contributed by atoms with Gasteiger partial charge in [-0.15, -0.1) is 34.0 Å². The number of nitrogens with zero attached hydrogens (tertiary/aromatic N) is 1. The first kappa shape index (κ1) is 58.5. The highest BCUT2D eigenvalue weighted by Crippen LogP contribution is 2.48. The summed E-state index contributed by atoms with van der Waals surface area (Å²) in [7, 11) is 0. The first-order valence-corrected chi connectivity index (χ1v) is 34.4. The van der Waals surface area contributed by atoms with Crippen molar-refractivity contribution >= 4 is 156 Å². The van der Waals surface area contributed by atoms with E-state index in [2.05, 4.69) is 361 Å². The molecule has 0 fully saturated rings. The predicted molar refractivity (Wildman–Crippen MR) is 416 cm³/mol. The van der Waals surface area contributed by atoms with Crippen LogP contribution < -0.4 is 20.9 Å². The fourth-order valence-electron chi connectivity index (χ4n) is 12.8. The SMILES string of the molecule is c1ccc(Nc2cc(-c3ccc4ccccc4c3)c3sc4ccccc4c3c2)cc1.c1ccc(Nc2cc(-c3ccccc3)c3sc4ccccc4c3c2)cc1.c1ccc(Nc2ccc(-c3cccc(N(c4ccccc4)c4ccccc4)c3)c3sc4ccccc4c23)cc1. The first-order valence-electron chi connectivity index (χ1n) is 31.9. The zero-order chi connectivity index (χ0) is 63.3. The molecule has 452 valence electrons. The molecule has 0 atom stereocenters. The van der Waals surface area contributed by atoms with E-state index in [0.29, 0.717) is 0 Å². The second-order valence-electron chi connectivity index (χ2n) is 23.4. The molecule has 0 radical (unpaired) electrons. The van der Waals surface area contributed by atoms with E-state index in [1.165, 1.54) is 105 Å². The van der Waals surface area contributed by atoms with Crippen LogP contribution in [0.25, 0.3) is 105 Å². The van der Waals surface area contributed by atoms with Crippen LogP contribution in [-0.2, 0) is 0 Å². The number of fused-ring (bicyclic) bond motifs is 10. The number of rotatable bonds is 12. The van der Waals surface area contributed by atoms with Crippen LogP contribution in [0.1, 0.15) is 0 Å². The minimum Gasteiger partial charge on any atom is -0.355 e. The number of hydrogen-bond acceptors (Lipinski definition) is 7. The smallest absolute Gasteiger partial charge is 0.0479 e. The van der Waals surface area contributed by atoms with Gasteiger partial charge in [0.25, 0.3) is 0 Å². The Hall–Kier alpha value is -11.6. The van der Waals surface area contributed by atoms with Crippen molar-refractivity contribution in [3.05, 3.63) is 358 Å². The number of hydrogen-bond donors (Lipinski definition) is 3. The molecule has 95 heavy (non-hydrogen) atoms. The maximum Gasteiger partial charge on any atom is 0.0479 e. The lowest BCUT2D eigenvalue weighted by Gasteiger charge is -2.26. The molecule has 0 unspecified atom stereocenters. The van der Waals surface area contributed by atoms with E-state index in [1.54, 1.807) is 0 Å². The topological polar surface area (TPSA) is 39.3 Å². The molecule has 3 N–H and O–H groups in total. The second kappa shape index (κ2) is 26.6. The predicted octanol–water partition coefficient (Wildman–Crippen LogP) is 27.0. The van der Waals surface area contributed by atoms with Gasteiger partial charge in [0.05, 0.1) is 0 Å². The fourth-order valence-corrected chi connectivity index (χ4v) is 16.5. The molecule has 0 amide bonds. The first-order chi connectivity index (χ1) is 47.1. The molecule has 0 saturated carbocycles. The molecule has 0 aliphatic carbocycles. The molecule has 18 aromatic rings. The van der Waals surface area contributed by atoms with Gasteiger partial charge in [-0.25, -0.2) is 0 Å². The van der Waals surface area contributed by atoms with Gasteiger partial charge in [0, 0.05) is 123 Å². The Morgan fingerprint density at radius 2 is 0.632 bits per heavy atom. The lowest BCUT2D eigenvalue weighted by Crippen LogP contribution is -2.09. The normalized spacial score (nSPS) is 11.2. The Labute approximate surface area is 564 Å². The van der Waals surface area contributed by atoms with Crippen LogP contribution in [0.5, 0.6) is 0 Å². The summed E-state index contributed by atoms with van der Waals surface area (Å²) in [6.07, 6.45) is 0. The summed E-state index contributed by atoms with van der Waals surface area (Å²) >= 11 is 5.61. The molecule has 18 rings (SSSR count). The molecule has 15 aromatic carbocycles. The Balaban J connectivity index is 0.000000115. The van der Waals surface area contributed by atoms with Gasteiger partial charge in [0.1, 0.15) is 0 Å². The fraction of sp³-hybridized carbons (Fsp3) is 0. The van der Waals surface area contributed by atoms with Crippen molar-refractivity contribution in [2.75, 3.05) is 20.9 Å².